The highest BCUT2D eigenvalue weighted by atomic mass is 32.1. The van der Waals surface area contributed by atoms with Crippen LogP contribution in [0.1, 0.15) is 35.5 Å². The fourth-order valence-corrected chi connectivity index (χ4v) is 3.03. The van der Waals surface area contributed by atoms with E-state index in [0.717, 1.165) is 18.4 Å². The zero-order valence-corrected chi connectivity index (χ0v) is 9.76. The maximum Gasteiger partial charge on any atom is 0.167 e. The van der Waals surface area contributed by atoms with E-state index in [4.69, 9.17) is 0 Å². The monoisotopic (exact) mass is 222 g/mol. The molecule has 1 aliphatic rings. The second-order valence-electron chi connectivity index (χ2n) is 4.17. The average molecular weight is 222 g/mol. The van der Waals surface area contributed by atoms with Crippen LogP contribution in [-0.2, 0) is 11.2 Å². The van der Waals surface area contributed by atoms with Gasteiger partial charge in [-0.15, -0.1) is 11.3 Å². The molecular formula is C12H14O2S. The molecule has 3 heteroatoms. The standard InChI is InChI=1S/C12H14O2S/c1-7(8(2)13)9-3-4-11-10(12(9)14)5-6-15-11/h5-7,9H,3-4H2,1-2H3. The first-order valence-electron chi connectivity index (χ1n) is 5.22. The molecule has 80 valence electrons. The average Bonchev–Trinajstić information content (AvgIpc) is 2.66. The van der Waals surface area contributed by atoms with Crippen LogP contribution in [0.3, 0.4) is 0 Å². The summed E-state index contributed by atoms with van der Waals surface area (Å²) in [7, 11) is 0. The molecule has 0 aliphatic heterocycles. The van der Waals surface area contributed by atoms with Gasteiger partial charge < -0.3 is 0 Å². The first-order chi connectivity index (χ1) is 7.11. The molecular weight excluding hydrogens is 208 g/mol. The van der Waals surface area contributed by atoms with Gasteiger partial charge in [-0.3, -0.25) is 9.59 Å². The summed E-state index contributed by atoms with van der Waals surface area (Å²) in [5.41, 5.74) is 0.851. The van der Waals surface area contributed by atoms with Crippen LogP contribution in [0, 0.1) is 11.8 Å². The molecule has 2 nitrogen and oxygen atoms in total. The Morgan fingerprint density at radius 3 is 3.00 bits per heavy atom. The number of rotatable bonds is 2. The summed E-state index contributed by atoms with van der Waals surface area (Å²) in [6.07, 6.45) is 1.77. The van der Waals surface area contributed by atoms with Crippen LogP contribution in [-0.4, -0.2) is 11.6 Å². The van der Waals surface area contributed by atoms with Crippen molar-refractivity contribution < 1.29 is 9.59 Å². The van der Waals surface area contributed by atoms with Crippen molar-refractivity contribution in [3.8, 4) is 0 Å². The molecule has 1 aromatic rings. The lowest BCUT2D eigenvalue weighted by molar-refractivity contribution is -0.121. The molecule has 0 saturated carbocycles. The second-order valence-corrected chi connectivity index (χ2v) is 5.17. The van der Waals surface area contributed by atoms with Crippen molar-refractivity contribution in [2.45, 2.75) is 26.7 Å². The Morgan fingerprint density at radius 1 is 1.60 bits per heavy atom. The van der Waals surface area contributed by atoms with E-state index in [9.17, 15) is 9.59 Å². The lowest BCUT2D eigenvalue weighted by Gasteiger charge is -2.24. The van der Waals surface area contributed by atoms with E-state index in [-0.39, 0.29) is 23.4 Å². The molecule has 0 fully saturated rings. The minimum atomic E-state index is -0.134. The van der Waals surface area contributed by atoms with Crippen LogP contribution in [0.15, 0.2) is 11.4 Å². The van der Waals surface area contributed by atoms with E-state index < -0.39 is 0 Å². The van der Waals surface area contributed by atoms with Crippen LogP contribution in [0.25, 0.3) is 0 Å². The molecule has 0 amide bonds. The third-order valence-electron chi connectivity index (χ3n) is 3.27. The van der Waals surface area contributed by atoms with Gasteiger partial charge in [0.2, 0.25) is 0 Å². The van der Waals surface area contributed by atoms with E-state index in [1.165, 1.54) is 4.88 Å². The summed E-state index contributed by atoms with van der Waals surface area (Å²) < 4.78 is 0. The third-order valence-corrected chi connectivity index (χ3v) is 4.26. The predicted octanol–water partition coefficient (Wildman–Crippen LogP) is 2.72. The lowest BCUT2D eigenvalue weighted by Crippen LogP contribution is -2.30. The highest BCUT2D eigenvalue weighted by Gasteiger charge is 2.33. The van der Waals surface area contributed by atoms with E-state index in [1.807, 2.05) is 18.4 Å². The Hall–Kier alpha value is -0.960. The normalized spacial score (nSPS) is 22.3. The van der Waals surface area contributed by atoms with Crippen LogP contribution < -0.4 is 0 Å². The molecule has 0 bridgehead atoms. The van der Waals surface area contributed by atoms with Gasteiger partial charge in [-0.05, 0) is 31.2 Å². The molecule has 1 heterocycles. The van der Waals surface area contributed by atoms with Crippen molar-refractivity contribution in [1.82, 2.24) is 0 Å². The molecule has 2 unspecified atom stereocenters. The molecule has 0 aromatic carbocycles. The summed E-state index contributed by atoms with van der Waals surface area (Å²) in [5, 5.41) is 1.96. The van der Waals surface area contributed by atoms with Gasteiger partial charge in [-0.1, -0.05) is 6.92 Å². The molecule has 2 atom stereocenters. The molecule has 1 aliphatic carbocycles. The van der Waals surface area contributed by atoms with Crippen molar-refractivity contribution >= 4 is 22.9 Å². The number of hydrogen-bond acceptors (Lipinski definition) is 3. The zero-order chi connectivity index (χ0) is 11.0. The molecule has 2 rings (SSSR count). The first kappa shape index (κ1) is 10.6. The highest BCUT2D eigenvalue weighted by molar-refractivity contribution is 7.10. The largest absolute Gasteiger partial charge is 0.300 e. The summed E-state index contributed by atoms with van der Waals surface area (Å²) >= 11 is 1.65. The summed E-state index contributed by atoms with van der Waals surface area (Å²) in [4.78, 5) is 24.6. The van der Waals surface area contributed by atoms with Gasteiger partial charge in [0.25, 0.3) is 0 Å². The van der Waals surface area contributed by atoms with E-state index >= 15 is 0 Å². The third kappa shape index (κ3) is 1.76. The second kappa shape index (κ2) is 3.89. The molecule has 1 aromatic heterocycles. The van der Waals surface area contributed by atoms with Gasteiger partial charge >= 0.3 is 0 Å². The van der Waals surface area contributed by atoms with E-state index in [1.54, 1.807) is 18.3 Å². The van der Waals surface area contributed by atoms with Crippen molar-refractivity contribution in [1.29, 1.82) is 0 Å². The van der Waals surface area contributed by atoms with Crippen molar-refractivity contribution in [2.75, 3.05) is 0 Å². The molecule has 0 N–H and O–H groups in total. The van der Waals surface area contributed by atoms with Gasteiger partial charge in [0.1, 0.15) is 5.78 Å². The van der Waals surface area contributed by atoms with Gasteiger partial charge in [0.15, 0.2) is 5.78 Å². The number of fused-ring (bicyclic) bond motifs is 1. The number of carbonyl (C=O) groups excluding carboxylic acids is 2. The van der Waals surface area contributed by atoms with Crippen molar-refractivity contribution in [3.05, 3.63) is 21.9 Å². The number of hydrogen-bond donors (Lipinski definition) is 0. The van der Waals surface area contributed by atoms with Gasteiger partial charge in [0, 0.05) is 22.3 Å². The Bertz CT molecular complexity index is 406. The molecule has 0 saturated heterocycles. The maximum absolute atomic E-state index is 12.1. The van der Waals surface area contributed by atoms with Crippen LogP contribution >= 0.6 is 11.3 Å². The molecule has 0 radical (unpaired) electrons. The summed E-state index contributed by atoms with van der Waals surface area (Å²) in [5.74, 6) is 0.0578. The Morgan fingerprint density at radius 2 is 2.33 bits per heavy atom. The summed E-state index contributed by atoms with van der Waals surface area (Å²) in [6.45, 7) is 3.43. The fraction of sp³-hybridized carbons (Fsp3) is 0.500. The van der Waals surface area contributed by atoms with E-state index in [2.05, 4.69) is 0 Å². The van der Waals surface area contributed by atoms with Gasteiger partial charge in [-0.2, -0.15) is 0 Å². The minimum absolute atomic E-state index is 0.0930. The maximum atomic E-state index is 12.1. The van der Waals surface area contributed by atoms with Gasteiger partial charge in [-0.25, -0.2) is 0 Å². The smallest absolute Gasteiger partial charge is 0.167 e. The van der Waals surface area contributed by atoms with Crippen LogP contribution in [0.4, 0.5) is 0 Å². The number of carbonyl (C=O) groups is 2. The lowest BCUT2D eigenvalue weighted by atomic mass is 9.78. The zero-order valence-electron chi connectivity index (χ0n) is 8.95. The minimum Gasteiger partial charge on any atom is -0.300 e. The van der Waals surface area contributed by atoms with Crippen molar-refractivity contribution in [2.24, 2.45) is 11.8 Å². The Kier molecular flexibility index (Phi) is 2.74. The first-order valence-corrected chi connectivity index (χ1v) is 6.10. The van der Waals surface area contributed by atoms with Crippen molar-refractivity contribution in [3.63, 3.8) is 0 Å². The topological polar surface area (TPSA) is 34.1 Å². The Balaban J connectivity index is 2.27. The highest BCUT2D eigenvalue weighted by Crippen LogP contribution is 2.33. The van der Waals surface area contributed by atoms with Crippen LogP contribution in [0.5, 0.6) is 0 Å². The van der Waals surface area contributed by atoms with E-state index in [0.29, 0.717) is 0 Å². The Labute approximate surface area is 93.3 Å². The molecule has 0 spiro atoms. The predicted molar refractivity (Wildman–Crippen MR) is 60.3 cm³/mol. The number of thiophene rings is 1. The fourth-order valence-electron chi connectivity index (χ4n) is 2.13. The quantitative estimate of drug-likeness (QED) is 0.771. The SMILES string of the molecule is CC(=O)C(C)C1CCc2sccc2C1=O. The van der Waals surface area contributed by atoms with Crippen LogP contribution in [0.2, 0.25) is 0 Å². The van der Waals surface area contributed by atoms with Gasteiger partial charge in [0.05, 0.1) is 0 Å². The molecule has 15 heavy (non-hydrogen) atoms. The number of ketones is 2. The summed E-state index contributed by atoms with van der Waals surface area (Å²) in [6, 6.07) is 1.89. The number of aryl methyl sites for hydroxylation is 1. The number of Topliss-reactive ketones (excluding diaryl/α,β-unsaturated/α-hetero) is 2.